The number of aliphatic imine (C=N–C) groups is 1. The largest absolute Gasteiger partial charge is 0.378 e. The number of morpholine rings is 1. The van der Waals surface area contributed by atoms with E-state index in [9.17, 15) is 0 Å². The fourth-order valence-corrected chi connectivity index (χ4v) is 3.45. The Morgan fingerprint density at radius 2 is 2.05 bits per heavy atom. The van der Waals surface area contributed by atoms with E-state index in [1.54, 1.807) is 0 Å². The molecule has 1 saturated heterocycles. The molecule has 3 nitrogen and oxygen atoms in total. The van der Waals surface area contributed by atoms with Crippen LogP contribution in [0.5, 0.6) is 0 Å². The first-order chi connectivity index (χ1) is 9.29. The fourth-order valence-electron chi connectivity index (χ4n) is 3.15. The van der Waals surface area contributed by atoms with Crippen LogP contribution in [0.2, 0.25) is 0 Å². The van der Waals surface area contributed by atoms with E-state index in [0.717, 1.165) is 57.1 Å². The van der Waals surface area contributed by atoms with Crippen molar-refractivity contribution in [2.75, 3.05) is 26.3 Å². The van der Waals surface area contributed by atoms with Crippen molar-refractivity contribution in [2.45, 2.75) is 39.0 Å². The molecule has 0 spiro atoms. The minimum Gasteiger partial charge on any atom is -0.378 e. The molecule has 2 heterocycles. The van der Waals surface area contributed by atoms with Gasteiger partial charge in [0.05, 0.1) is 13.2 Å². The Morgan fingerprint density at radius 3 is 2.79 bits per heavy atom. The van der Waals surface area contributed by atoms with Gasteiger partial charge in [-0.2, -0.15) is 0 Å². The first-order valence-corrected chi connectivity index (χ1v) is 7.67. The summed E-state index contributed by atoms with van der Waals surface area (Å²) in [6, 6.07) is 0. The highest BCUT2D eigenvalue weighted by Gasteiger charge is 2.27. The maximum Gasteiger partial charge on any atom is 0.128 e. The summed E-state index contributed by atoms with van der Waals surface area (Å²) in [6.45, 7) is 5.84. The Labute approximate surface area is 120 Å². The molecule has 2 aliphatic heterocycles. The van der Waals surface area contributed by atoms with Gasteiger partial charge in [-0.15, -0.1) is 0 Å². The standard InChI is InChI=1S/C15H21ClN2O/c1-2-11-10-14(18-6-8-19-9-7-18)12-4-3-5-13(12)17-15(11)16/h2-10H2,1H3. The average Bonchev–Trinajstić information content (AvgIpc) is 2.84. The van der Waals surface area contributed by atoms with Crippen molar-refractivity contribution >= 4 is 17.3 Å². The molecule has 4 heteroatoms. The third-order valence-corrected chi connectivity index (χ3v) is 4.61. The third-order valence-electron chi connectivity index (χ3n) is 4.26. The second kappa shape index (κ2) is 5.68. The number of fused-ring (bicyclic) bond motifs is 1. The average molecular weight is 281 g/mol. The smallest absolute Gasteiger partial charge is 0.128 e. The van der Waals surface area contributed by atoms with Crippen molar-refractivity contribution < 1.29 is 4.74 Å². The lowest BCUT2D eigenvalue weighted by atomic mass is 10.0. The third kappa shape index (κ3) is 2.59. The molecular formula is C15H21ClN2O. The van der Waals surface area contributed by atoms with Gasteiger partial charge in [-0.05, 0) is 36.8 Å². The van der Waals surface area contributed by atoms with Crippen LogP contribution in [-0.4, -0.2) is 36.9 Å². The number of ether oxygens (including phenoxy) is 1. The molecule has 0 atom stereocenters. The molecule has 0 N–H and O–H groups in total. The summed E-state index contributed by atoms with van der Waals surface area (Å²) < 4.78 is 5.47. The van der Waals surface area contributed by atoms with E-state index in [1.807, 2.05) is 0 Å². The minimum atomic E-state index is 0.736. The van der Waals surface area contributed by atoms with E-state index in [2.05, 4.69) is 16.8 Å². The van der Waals surface area contributed by atoms with Crippen molar-refractivity contribution in [3.8, 4) is 0 Å². The van der Waals surface area contributed by atoms with Gasteiger partial charge < -0.3 is 9.64 Å². The van der Waals surface area contributed by atoms with Gasteiger partial charge in [0.2, 0.25) is 0 Å². The van der Waals surface area contributed by atoms with E-state index in [-0.39, 0.29) is 0 Å². The normalized spacial score (nSPS) is 24.5. The van der Waals surface area contributed by atoms with Crippen molar-refractivity contribution in [1.82, 2.24) is 4.90 Å². The van der Waals surface area contributed by atoms with E-state index >= 15 is 0 Å². The minimum absolute atomic E-state index is 0.736. The van der Waals surface area contributed by atoms with E-state index < -0.39 is 0 Å². The monoisotopic (exact) mass is 280 g/mol. The van der Waals surface area contributed by atoms with Gasteiger partial charge in [-0.25, -0.2) is 4.99 Å². The number of allylic oxidation sites excluding steroid dienone is 2. The van der Waals surface area contributed by atoms with Crippen LogP contribution in [0.1, 0.15) is 39.0 Å². The zero-order valence-corrected chi connectivity index (χ0v) is 12.3. The molecule has 0 amide bonds. The van der Waals surface area contributed by atoms with Crippen LogP contribution >= 0.6 is 11.6 Å². The van der Waals surface area contributed by atoms with Crippen molar-refractivity contribution in [1.29, 1.82) is 0 Å². The molecule has 3 rings (SSSR count). The quantitative estimate of drug-likeness (QED) is 0.724. The Hall–Kier alpha value is -0.800. The highest BCUT2D eigenvalue weighted by Crippen LogP contribution is 2.36. The Bertz CT molecular complexity index is 459. The van der Waals surface area contributed by atoms with Crippen molar-refractivity contribution in [2.24, 2.45) is 4.99 Å². The Balaban J connectivity index is 1.97. The number of halogens is 1. The van der Waals surface area contributed by atoms with Gasteiger partial charge in [0.1, 0.15) is 5.16 Å². The zero-order valence-electron chi connectivity index (χ0n) is 11.5. The predicted molar refractivity (Wildman–Crippen MR) is 78.5 cm³/mol. The summed E-state index contributed by atoms with van der Waals surface area (Å²) in [6.07, 6.45) is 5.41. The van der Waals surface area contributed by atoms with E-state index in [4.69, 9.17) is 16.3 Å². The van der Waals surface area contributed by atoms with Crippen LogP contribution in [0.4, 0.5) is 0 Å². The van der Waals surface area contributed by atoms with Crippen LogP contribution in [0.25, 0.3) is 0 Å². The van der Waals surface area contributed by atoms with Crippen LogP contribution in [0.3, 0.4) is 0 Å². The maximum atomic E-state index is 6.38. The molecule has 0 unspecified atom stereocenters. The highest BCUT2D eigenvalue weighted by molar-refractivity contribution is 6.31. The SMILES string of the molecule is CCC1=C(Cl)N=C2CCCC2=C(N2CCOCC2)C1. The van der Waals surface area contributed by atoms with Crippen LogP contribution in [0.15, 0.2) is 27.0 Å². The van der Waals surface area contributed by atoms with Crippen molar-refractivity contribution in [3.05, 3.63) is 22.0 Å². The molecule has 104 valence electrons. The number of nitrogens with zero attached hydrogens (tertiary/aromatic N) is 2. The summed E-state index contributed by atoms with van der Waals surface area (Å²) in [4.78, 5) is 7.17. The topological polar surface area (TPSA) is 24.8 Å². The van der Waals surface area contributed by atoms with Gasteiger partial charge >= 0.3 is 0 Å². The van der Waals surface area contributed by atoms with Gasteiger partial charge in [0.25, 0.3) is 0 Å². The summed E-state index contributed by atoms with van der Waals surface area (Å²) >= 11 is 6.38. The Kier molecular flexibility index (Phi) is 3.94. The predicted octanol–water partition coefficient (Wildman–Crippen LogP) is 3.46. The molecule has 3 aliphatic rings. The second-order valence-corrected chi connectivity index (χ2v) is 5.72. The summed E-state index contributed by atoms with van der Waals surface area (Å²) in [5.74, 6) is 0. The number of hydrogen-bond acceptors (Lipinski definition) is 3. The van der Waals surface area contributed by atoms with Crippen LogP contribution < -0.4 is 0 Å². The molecule has 0 aromatic heterocycles. The molecule has 1 saturated carbocycles. The summed E-state index contributed by atoms with van der Waals surface area (Å²) in [5, 5.41) is 0.736. The Morgan fingerprint density at radius 1 is 1.26 bits per heavy atom. The first-order valence-electron chi connectivity index (χ1n) is 7.29. The first kappa shape index (κ1) is 13.2. The van der Waals surface area contributed by atoms with Crippen LogP contribution in [0, 0.1) is 0 Å². The molecule has 0 radical (unpaired) electrons. The lowest BCUT2D eigenvalue weighted by Gasteiger charge is -2.32. The van der Waals surface area contributed by atoms with Gasteiger partial charge in [0, 0.05) is 30.9 Å². The molecule has 0 aromatic carbocycles. The van der Waals surface area contributed by atoms with Gasteiger partial charge in [0.15, 0.2) is 0 Å². The number of hydrogen-bond donors (Lipinski definition) is 0. The fraction of sp³-hybridized carbons (Fsp3) is 0.667. The summed E-state index contributed by atoms with van der Waals surface area (Å²) in [5.41, 5.74) is 5.43. The second-order valence-electron chi connectivity index (χ2n) is 5.36. The molecule has 19 heavy (non-hydrogen) atoms. The van der Waals surface area contributed by atoms with Crippen molar-refractivity contribution in [3.63, 3.8) is 0 Å². The molecule has 0 bridgehead atoms. The molecular weight excluding hydrogens is 260 g/mol. The highest BCUT2D eigenvalue weighted by atomic mass is 35.5. The summed E-state index contributed by atoms with van der Waals surface area (Å²) in [7, 11) is 0. The zero-order chi connectivity index (χ0) is 13.2. The molecule has 0 aromatic rings. The lowest BCUT2D eigenvalue weighted by molar-refractivity contribution is 0.0522. The van der Waals surface area contributed by atoms with E-state index in [1.165, 1.54) is 29.0 Å². The molecule has 1 aliphatic carbocycles. The van der Waals surface area contributed by atoms with E-state index in [0.29, 0.717) is 0 Å². The molecule has 2 fully saturated rings. The lowest BCUT2D eigenvalue weighted by Crippen LogP contribution is -2.36. The number of rotatable bonds is 2. The van der Waals surface area contributed by atoms with Gasteiger partial charge in [-0.3, -0.25) is 0 Å². The maximum absolute atomic E-state index is 6.38. The van der Waals surface area contributed by atoms with Crippen LogP contribution in [-0.2, 0) is 4.74 Å². The van der Waals surface area contributed by atoms with Gasteiger partial charge in [-0.1, -0.05) is 18.5 Å².